The molecule has 3 aromatic rings. The Labute approximate surface area is 220 Å². The van der Waals surface area contributed by atoms with E-state index in [1.807, 2.05) is 19.2 Å². The maximum Gasteiger partial charge on any atom is 0.151 e. The molecule has 1 aliphatic rings. The first-order chi connectivity index (χ1) is 17.2. The Morgan fingerprint density at radius 1 is 1.14 bits per heavy atom. The van der Waals surface area contributed by atoms with Crippen LogP contribution in [0.15, 0.2) is 36.4 Å². The number of benzene rings is 2. The Kier molecular flexibility index (Phi) is 8.11. The van der Waals surface area contributed by atoms with Gasteiger partial charge in [0, 0.05) is 29.9 Å². The van der Waals surface area contributed by atoms with Crippen molar-refractivity contribution in [1.29, 1.82) is 0 Å². The molecule has 1 N–H and O–H groups in total. The molecule has 5 nitrogen and oxygen atoms in total. The van der Waals surface area contributed by atoms with Crippen LogP contribution < -0.4 is 10.2 Å². The first kappa shape index (κ1) is 26.3. The minimum Gasteiger partial charge on any atom is -0.352 e. The van der Waals surface area contributed by atoms with Gasteiger partial charge in [-0.1, -0.05) is 50.6 Å². The van der Waals surface area contributed by atoms with Gasteiger partial charge in [-0.3, -0.25) is 4.79 Å². The molecule has 1 aliphatic carbocycles. The second-order valence-electron chi connectivity index (χ2n) is 10.7. The number of carbonyl (C=O) groups is 1. The number of fused-ring (bicyclic) bond motifs is 1. The molecule has 0 saturated carbocycles. The third-order valence-electron chi connectivity index (χ3n) is 7.11. The molecular weight excluding hydrogens is 468 g/mol. The van der Waals surface area contributed by atoms with E-state index in [1.54, 1.807) is 6.07 Å². The lowest BCUT2D eigenvalue weighted by atomic mass is 9.76. The number of nitrogens with zero attached hydrogens (tertiary/aromatic N) is 3. The number of aryl methyl sites for hydroxylation is 2. The van der Waals surface area contributed by atoms with Crippen LogP contribution in [0.2, 0.25) is 5.02 Å². The monoisotopic (exact) mass is 504 g/mol. The molecule has 0 amide bonds. The van der Waals surface area contributed by atoms with Gasteiger partial charge >= 0.3 is 0 Å². The van der Waals surface area contributed by atoms with Crippen LogP contribution in [-0.4, -0.2) is 29.8 Å². The van der Waals surface area contributed by atoms with Gasteiger partial charge in [0.05, 0.1) is 11.6 Å². The van der Waals surface area contributed by atoms with E-state index in [9.17, 15) is 4.79 Å². The largest absolute Gasteiger partial charge is 0.352 e. The average Bonchev–Trinajstić information content (AvgIpc) is 2.85. The summed E-state index contributed by atoms with van der Waals surface area (Å²) in [6.45, 7) is 11.4. The van der Waals surface area contributed by atoms with Crippen LogP contribution in [0.1, 0.15) is 72.2 Å². The summed E-state index contributed by atoms with van der Waals surface area (Å²) < 4.78 is 0. The van der Waals surface area contributed by atoms with Crippen LogP contribution in [0.4, 0.5) is 5.82 Å². The van der Waals surface area contributed by atoms with Gasteiger partial charge in [0.1, 0.15) is 11.6 Å². The number of halogens is 1. The summed E-state index contributed by atoms with van der Waals surface area (Å²) in [7, 11) is 1.94. The minimum absolute atomic E-state index is 0.244. The van der Waals surface area contributed by atoms with Crippen LogP contribution >= 0.6 is 11.6 Å². The summed E-state index contributed by atoms with van der Waals surface area (Å²) in [5, 5.41) is 3.70. The normalized spacial score (nSPS) is 14.4. The molecule has 1 heterocycles. The Hall–Kier alpha value is -2.76. The number of nitrogens with one attached hydrogen (secondary N) is 1. The van der Waals surface area contributed by atoms with Gasteiger partial charge in [0.25, 0.3) is 0 Å². The number of hydrogen-bond donors (Lipinski definition) is 1. The highest BCUT2D eigenvalue weighted by atomic mass is 35.5. The molecule has 2 aromatic carbocycles. The van der Waals surface area contributed by atoms with Crippen LogP contribution in [0, 0.1) is 12.3 Å². The molecule has 0 fully saturated rings. The summed E-state index contributed by atoms with van der Waals surface area (Å²) in [6, 6.07) is 12.1. The van der Waals surface area contributed by atoms with Crippen molar-refractivity contribution in [1.82, 2.24) is 15.3 Å². The van der Waals surface area contributed by atoms with Crippen LogP contribution in [0.3, 0.4) is 0 Å². The van der Waals surface area contributed by atoms with E-state index in [0.29, 0.717) is 17.1 Å². The Balaban J connectivity index is 1.75. The number of aldehydes is 1. The van der Waals surface area contributed by atoms with E-state index in [4.69, 9.17) is 21.6 Å². The fourth-order valence-electron chi connectivity index (χ4n) is 5.05. The minimum atomic E-state index is 0.244. The fraction of sp³-hybridized carbons (Fsp3) is 0.433. The van der Waals surface area contributed by atoms with E-state index in [0.717, 1.165) is 67.8 Å². The summed E-state index contributed by atoms with van der Waals surface area (Å²) in [6.07, 6.45) is 4.98. The first-order valence-corrected chi connectivity index (χ1v) is 13.2. The zero-order valence-corrected chi connectivity index (χ0v) is 22.9. The second kappa shape index (κ2) is 11.1. The lowest BCUT2D eigenvalue weighted by Crippen LogP contribution is -2.32. The predicted octanol–water partition coefficient (Wildman–Crippen LogP) is 6.57. The fourth-order valence-corrected chi connectivity index (χ4v) is 5.21. The standard InChI is InChI=1S/C30H37ClN4O/c1-6-13-35(29-25-16-30(3,4)12-11-27(25)33-28(34-29)17-32-5)18-23-14-21(8-7-20(23)2)22-9-10-26(31)24(15-22)19-36/h7-10,14-15,19,32H,6,11-13,16-18H2,1-5H3. The molecule has 0 saturated heterocycles. The number of anilines is 1. The zero-order valence-electron chi connectivity index (χ0n) is 22.1. The Morgan fingerprint density at radius 3 is 2.61 bits per heavy atom. The smallest absolute Gasteiger partial charge is 0.151 e. The number of hydrogen-bond acceptors (Lipinski definition) is 5. The van der Waals surface area contributed by atoms with Crippen molar-refractivity contribution >= 4 is 23.7 Å². The van der Waals surface area contributed by atoms with Gasteiger partial charge < -0.3 is 10.2 Å². The van der Waals surface area contributed by atoms with Crippen molar-refractivity contribution in [2.75, 3.05) is 18.5 Å². The highest BCUT2D eigenvalue weighted by Gasteiger charge is 2.31. The molecule has 190 valence electrons. The van der Waals surface area contributed by atoms with E-state index >= 15 is 0 Å². The Morgan fingerprint density at radius 2 is 1.89 bits per heavy atom. The summed E-state index contributed by atoms with van der Waals surface area (Å²) in [4.78, 5) is 23.9. The van der Waals surface area contributed by atoms with E-state index in [-0.39, 0.29) is 5.41 Å². The topological polar surface area (TPSA) is 58.1 Å². The SMILES string of the molecule is CCCN(Cc1cc(-c2ccc(Cl)c(C=O)c2)ccc1C)c1nc(CNC)nc2c1CC(C)(C)CC2. The van der Waals surface area contributed by atoms with Gasteiger partial charge in [-0.05, 0) is 85.5 Å². The van der Waals surface area contributed by atoms with Gasteiger partial charge in [-0.2, -0.15) is 0 Å². The van der Waals surface area contributed by atoms with Crippen molar-refractivity contribution in [3.05, 3.63) is 75.2 Å². The van der Waals surface area contributed by atoms with Crippen LogP contribution in [0.5, 0.6) is 0 Å². The molecule has 6 heteroatoms. The lowest BCUT2D eigenvalue weighted by Gasteiger charge is -2.35. The Bertz CT molecular complexity index is 1250. The number of aromatic nitrogens is 2. The molecular formula is C30H37ClN4O. The predicted molar refractivity (Wildman–Crippen MR) is 149 cm³/mol. The van der Waals surface area contributed by atoms with Crippen molar-refractivity contribution in [2.45, 2.75) is 66.5 Å². The average molecular weight is 505 g/mol. The molecule has 0 radical (unpaired) electrons. The van der Waals surface area contributed by atoms with Gasteiger partial charge in [0.2, 0.25) is 0 Å². The van der Waals surface area contributed by atoms with E-state index in [1.165, 1.54) is 22.4 Å². The molecule has 36 heavy (non-hydrogen) atoms. The molecule has 1 aromatic heterocycles. The molecule has 0 spiro atoms. The molecule has 0 atom stereocenters. The van der Waals surface area contributed by atoms with E-state index < -0.39 is 0 Å². The lowest BCUT2D eigenvalue weighted by molar-refractivity contribution is 0.112. The van der Waals surface area contributed by atoms with Gasteiger partial charge in [0.15, 0.2) is 6.29 Å². The number of rotatable bonds is 9. The highest BCUT2D eigenvalue weighted by molar-refractivity contribution is 6.33. The molecule has 0 bridgehead atoms. The van der Waals surface area contributed by atoms with Crippen molar-refractivity contribution in [3.63, 3.8) is 0 Å². The molecule has 0 aliphatic heterocycles. The first-order valence-electron chi connectivity index (χ1n) is 12.9. The van der Waals surface area contributed by atoms with Crippen LogP contribution in [-0.2, 0) is 25.9 Å². The van der Waals surface area contributed by atoms with Crippen molar-refractivity contribution in [2.24, 2.45) is 5.41 Å². The van der Waals surface area contributed by atoms with Crippen LogP contribution in [0.25, 0.3) is 11.1 Å². The third kappa shape index (κ3) is 5.79. The summed E-state index contributed by atoms with van der Waals surface area (Å²) >= 11 is 6.17. The number of carbonyl (C=O) groups excluding carboxylic acids is 1. The quantitative estimate of drug-likeness (QED) is 0.334. The maximum absolute atomic E-state index is 11.4. The maximum atomic E-state index is 11.4. The molecule has 0 unspecified atom stereocenters. The summed E-state index contributed by atoms with van der Waals surface area (Å²) in [5.74, 6) is 1.94. The molecule has 4 rings (SSSR count). The zero-order chi connectivity index (χ0) is 25.9. The highest BCUT2D eigenvalue weighted by Crippen LogP contribution is 2.38. The van der Waals surface area contributed by atoms with E-state index in [2.05, 4.69) is 56.1 Å². The van der Waals surface area contributed by atoms with Crippen molar-refractivity contribution < 1.29 is 4.79 Å². The van der Waals surface area contributed by atoms with Gasteiger partial charge in [-0.15, -0.1) is 0 Å². The van der Waals surface area contributed by atoms with Crippen molar-refractivity contribution in [3.8, 4) is 11.1 Å². The second-order valence-corrected chi connectivity index (χ2v) is 11.1. The third-order valence-corrected chi connectivity index (χ3v) is 7.45. The van der Waals surface area contributed by atoms with Gasteiger partial charge in [-0.25, -0.2) is 9.97 Å². The summed E-state index contributed by atoms with van der Waals surface area (Å²) in [5.41, 5.74) is 7.82.